The topological polar surface area (TPSA) is 88.9 Å². The maximum Gasteiger partial charge on any atom is 0.271 e. The van der Waals surface area contributed by atoms with Crippen molar-refractivity contribution in [3.63, 3.8) is 0 Å². The van der Waals surface area contributed by atoms with Crippen molar-refractivity contribution in [2.75, 3.05) is 26.9 Å². The van der Waals surface area contributed by atoms with Gasteiger partial charge < -0.3 is 14.2 Å². The maximum absolute atomic E-state index is 13.2. The lowest BCUT2D eigenvalue weighted by molar-refractivity contribution is -0.140. The van der Waals surface area contributed by atoms with Crippen LogP contribution in [0.4, 0.5) is 0 Å². The van der Waals surface area contributed by atoms with Crippen LogP contribution in [0.3, 0.4) is 0 Å². The Hall–Kier alpha value is -3.60. The number of carbonyl (C=O) groups is 2. The molecule has 0 atom stereocenters. The minimum Gasteiger partial charge on any atom is -0.490 e. The maximum atomic E-state index is 13.2. The van der Waals surface area contributed by atoms with Crippen molar-refractivity contribution in [3.05, 3.63) is 75.3 Å². The van der Waals surface area contributed by atoms with Gasteiger partial charge in [-0.15, -0.1) is 0 Å². The second-order valence-corrected chi connectivity index (χ2v) is 8.20. The molecular weight excluding hydrogens is 468 g/mol. The van der Waals surface area contributed by atoms with Crippen molar-refractivity contribution in [1.29, 1.82) is 5.26 Å². The van der Waals surface area contributed by atoms with Gasteiger partial charge in [-0.2, -0.15) is 5.26 Å². The van der Waals surface area contributed by atoms with E-state index in [4.69, 9.17) is 25.8 Å². The molecule has 0 aliphatic carbocycles. The molecule has 8 heteroatoms. The van der Waals surface area contributed by atoms with Crippen LogP contribution in [0.1, 0.15) is 31.4 Å². The Morgan fingerprint density at radius 2 is 1.86 bits per heavy atom. The average molecular weight is 495 g/mol. The Morgan fingerprint density at radius 1 is 1.09 bits per heavy atom. The molecule has 182 valence electrons. The fourth-order valence-electron chi connectivity index (χ4n) is 3.64. The molecule has 0 saturated carbocycles. The molecule has 2 aromatic rings. The van der Waals surface area contributed by atoms with Crippen LogP contribution in [0.25, 0.3) is 6.08 Å². The Labute approximate surface area is 210 Å². The molecule has 1 aliphatic heterocycles. The summed E-state index contributed by atoms with van der Waals surface area (Å²) in [6, 6.07) is 14.7. The molecule has 2 aromatic carbocycles. The van der Waals surface area contributed by atoms with Gasteiger partial charge in [-0.3, -0.25) is 14.5 Å². The van der Waals surface area contributed by atoms with Crippen LogP contribution in [-0.4, -0.2) is 43.6 Å². The molecule has 0 radical (unpaired) electrons. The lowest BCUT2D eigenvalue weighted by Gasteiger charge is -2.27. The van der Waals surface area contributed by atoms with Gasteiger partial charge in [0.25, 0.3) is 11.8 Å². The number of methoxy groups -OCH3 is 1. The normalized spacial score (nSPS) is 14.9. The molecule has 2 amide bonds. The molecule has 0 saturated heterocycles. The third kappa shape index (κ3) is 6.10. The monoisotopic (exact) mass is 494 g/mol. The van der Waals surface area contributed by atoms with Crippen LogP contribution in [0.5, 0.6) is 11.5 Å². The molecule has 0 unspecified atom stereocenters. The zero-order valence-electron chi connectivity index (χ0n) is 20.0. The molecule has 1 aliphatic rings. The summed E-state index contributed by atoms with van der Waals surface area (Å²) in [5.41, 5.74) is 2.11. The van der Waals surface area contributed by atoms with Crippen LogP contribution in [-0.2, 0) is 20.9 Å². The minimum atomic E-state index is -0.582. The summed E-state index contributed by atoms with van der Waals surface area (Å²) in [7, 11) is 1.55. The van der Waals surface area contributed by atoms with Gasteiger partial charge in [0.2, 0.25) is 0 Å². The molecule has 0 fully saturated rings. The minimum absolute atomic E-state index is 0.0435. The van der Waals surface area contributed by atoms with Crippen molar-refractivity contribution in [3.8, 4) is 17.6 Å². The van der Waals surface area contributed by atoms with E-state index in [1.165, 1.54) is 0 Å². The molecule has 0 N–H and O–H groups in total. The van der Waals surface area contributed by atoms with Crippen molar-refractivity contribution in [2.24, 2.45) is 0 Å². The number of nitriles is 1. The summed E-state index contributed by atoms with van der Waals surface area (Å²) in [6.07, 6.45) is 2.14. The number of nitrogens with zero attached hydrogens (tertiary/aromatic N) is 2. The third-order valence-corrected chi connectivity index (χ3v) is 5.84. The summed E-state index contributed by atoms with van der Waals surface area (Å²) in [6.45, 7) is 4.72. The van der Waals surface area contributed by atoms with E-state index in [2.05, 4.69) is 0 Å². The number of hydrogen-bond donors (Lipinski definition) is 0. The van der Waals surface area contributed by atoms with Crippen molar-refractivity contribution >= 4 is 29.5 Å². The number of hydrogen-bond acceptors (Lipinski definition) is 6. The van der Waals surface area contributed by atoms with Crippen molar-refractivity contribution in [1.82, 2.24) is 4.90 Å². The summed E-state index contributed by atoms with van der Waals surface area (Å²) in [4.78, 5) is 26.9. The molecule has 1 heterocycles. The van der Waals surface area contributed by atoms with Crippen LogP contribution >= 0.6 is 11.6 Å². The quantitative estimate of drug-likeness (QED) is 0.264. The van der Waals surface area contributed by atoms with Crippen LogP contribution < -0.4 is 9.47 Å². The van der Waals surface area contributed by atoms with Gasteiger partial charge in [0.1, 0.15) is 18.2 Å². The highest BCUT2D eigenvalue weighted by Crippen LogP contribution is 2.33. The number of amides is 2. The molecule has 0 aromatic heterocycles. The second kappa shape index (κ2) is 12.2. The van der Waals surface area contributed by atoms with Gasteiger partial charge in [0.05, 0.1) is 6.61 Å². The lowest BCUT2D eigenvalue weighted by Crippen LogP contribution is -2.43. The van der Waals surface area contributed by atoms with E-state index < -0.39 is 11.8 Å². The molecule has 3 rings (SSSR count). The number of imide groups is 1. The number of ether oxygens (including phenoxy) is 3. The van der Waals surface area contributed by atoms with Crippen LogP contribution in [0.2, 0.25) is 5.02 Å². The Balaban J connectivity index is 1.92. The third-order valence-electron chi connectivity index (χ3n) is 5.48. The van der Waals surface area contributed by atoms with Gasteiger partial charge >= 0.3 is 0 Å². The fourth-order valence-corrected chi connectivity index (χ4v) is 3.83. The first-order chi connectivity index (χ1) is 16.9. The highest BCUT2D eigenvalue weighted by molar-refractivity contribution is 6.31. The number of halogens is 1. The van der Waals surface area contributed by atoms with Gasteiger partial charge in [0.15, 0.2) is 11.5 Å². The summed E-state index contributed by atoms with van der Waals surface area (Å²) >= 11 is 6.23. The predicted molar refractivity (Wildman–Crippen MR) is 133 cm³/mol. The molecule has 7 nitrogen and oxygen atoms in total. The highest BCUT2D eigenvalue weighted by atomic mass is 35.5. The summed E-state index contributed by atoms with van der Waals surface area (Å²) in [5, 5.41) is 10.2. The number of benzene rings is 2. The van der Waals surface area contributed by atoms with Crippen LogP contribution in [0, 0.1) is 11.3 Å². The van der Waals surface area contributed by atoms with E-state index in [0.717, 1.165) is 10.5 Å². The smallest absolute Gasteiger partial charge is 0.271 e. The average Bonchev–Trinajstić information content (AvgIpc) is 2.85. The van der Waals surface area contributed by atoms with Crippen molar-refractivity contribution in [2.45, 2.75) is 26.9 Å². The summed E-state index contributed by atoms with van der Waals surface area (Å²) < 4.78 is 16.7. The zero-order chi connectivity index (χ0) is 25.4. The van der Waals surface area contributed by atoms with Crippen LogP contribution in [0.15, 0.2) is 59.2 Å². The van der Waals surface area contributed by atoms with E-state index in [1.807, 2.05) is 31.2 Å². The standard InChI is InChI=1S/C27H27ClN2O5/c1-4-34-25-15-19(10-11-24(25)35-17-20-8-5-6-9-23(20)28)14-21-18(2)22(16-29)27(32)30(26(21)31)12-7-13-33-3/h5-6,8-11,14-15H,4,7,12-13,17H2,1-3H3/b21-14+. The largest absolute Gasteiger partial charge is 0.490 e. The van der Waals surface area contributed by atoms with E-state index in [1.54, 1.807) is 44.4 Å². The Bertz CT molecular complexity index is 1210. The fraction of sp³-hybridized carbons (Fsp3) is 0.296. The first-order valence-electron chi connectivity index (χ1n) is 11.2. The van der Waals surface area contributed by atoms with E-state index >= 15 is 0 Å². The molecule has 0 spiro atoms. The number of carbonyl (C=O) groups excluding carboxylic acids is 2. The molecular formula is C27H27ClN2O5. The van der Waals surface area contributed by atoms with Gasteiger partial charge in [-0.25, -0.2) is 0 Å². The van der Waals surface area contributed by atoms with Gasteiger partial charge in [0, 0.05) is 36.4 Å². The number of rotatable bonds is 10. The Morgan fingerprint density at radius 3 is 2.54 bits per heavy atom. The first kappa shape index (κ1) is 26.0. The molecule has 0 bridgehead atoms. The predicted octanol–water partition coefficient (Wildman–Crippen LogP) is 4.95. The lowest BCUT2D eigenvalue weighted by atomic mass is 9.93. The Kier molecular flexibility index (Phi) is 9.07. The highest BCUT2D eigenvalue weighted by Gasteiger charge is 2.35. The van der Waals surface area contributed by atoms with Gasteiger partial charge in [-0.1, -0.05) is 35.9 Å². The second-order valence-electron chi connectivity index (χ2n) is 7.80. The summed E-state index contributed by atoms with van der Waals surface area (Å²) in [5.74, 6) is 0.0127. The van der Waals surface area contributed by atoms with E-state index in [0.29, 0.717) is 47.3 Å². The van der Waals surface area contributed by atoms with E-state index in [9.17, 15) is 14.9 Å². The SMILES string of the molecule is CCOc1cc(/C=C2/C(=O)N(CCCOC)C(=O)C(C#N)=C2C)ccc1OCc1ccccc1Cl. The van der Waals surface area contributed by atoms with E-state index in [-0.39, 0.29) is 24.3 Å². The molecule has 35 heavy (non-hydrogen) atoms. The first-order valence-corrected chi connectivity index (χ1v) is 11.6. The zero-order valence-corrected chi connectivity index (χ0v) is 20.7. The van der Waals surface area contributed by atoms with Crippen molar-refractivity contribution < 1.29 is 23.8 Å². The van der Waals surface area contributed by atoms with Gasteiger partial charge in [-0.05, 0) is 55.7 Å².